The van der Waals surface area contributed by atoms with Crippen LogP contribution < -0.4 is 5.73 Å². The van der Waals surface area contributed by atoms with E-state index in [1.807, 2.05) is 0 Å². The average molecular weight is 273 g/mol. The third kappa shape index (κ3) is 8.81. The molecular formula is C14H27NO2S. The number of ether oxygens (including phenoxy) is 1. The van der Waals surface area contributed by atoms with Crippen LogP contribution in [0.4, 0.5) is 0 Å². The number of hydrogen-bond acceptors (Lipinski definition) is 3. The second-order valence-corrected chi connectivity index (χ2v) is 6.24. The summed E-state index contributed by atoms with van der Waals surface area (Å²) in [5.41, 5.74) is 5.08. The Hall–Kier alpha value is -0.220. The predicted octanol–water partition coefficient (Wildman–Crippen LogP) is 3.11. The van der Waals surface area contributed by atoms with Gasteiger partial charge in [-0.3, -0.25) is 4.79 Å². The number of primary amides is 1. The standard InChI is InChI=1S/C14H27NO2S/c15-14(16)9-12-18-11-6-10-17-13-7-4-2-1-3-5-8-13/h13H,1-12H2,(H2,15,16). The van der Waals surface area contributed by atoms with Gasteiger partial charge in [0.2, 0.25) is 5.91 Å². The molecule has 0 aromatic rings. The van der Waals surface area contributed by atoms with E-state index in [0.717, 1.165) is 24.5 Å². The number of rotatable bonds is 8. The van der Waals surface area contributed by atoms with Gasteiger partial charge in [-0.15, -0.1) is 0 Å². The molecule has 18 heavy (non-hydrogen) atoms. The van der Waals surface area contributed by atoms with E-state index in [2.05, 4.69) is 0 Å². The Morgan fingerprint density at radius 3 is 2.44 bits per heavy atom. The van der Waals surface area contributed by atoms with Crippen molar-refractivity contribution in [2.75, 3.05) is 18.1 Å². The SMILES string of the molecule is NC(=O)CCSCCCOC1CCCCCCC1. The van der Waals surface area contributed by atoms with Crippen LogP contribution in [0, 0.1) is 0 Å². The Morgan fingerprint density at radius 1 is 1.11 bits per heavy atom. The molecule has 0 aliphatic heterocycles. The maximum absolute atomic E-state index is 10.5. The summed E-state index contributed by atoms with van der Waals surface area (Å²) in [7, 11) is 0. The lowest BCUT2D eigenvalue weighted by atomic mass is 9.99. The summed E-state index contributed by atoms with van der Waals surface area (Å²) in [4.78, 5) is 10.5. The first-order valence-electron chi connectivity index (χ1n) is 7.26. The second-order valence-electron chi connectivity index (χ2n) is 5.02. The van der Waals surface area contributed by atoms with Crippen molar-refractivity contribution in [1.82, 2.24) is 0 Å². The number of nitrogens with two attached hydrogens (primary N) is 1. The van der Waals surface area contributed by atoms with E-state index in [-0.39, 0.29) is 5.91 Å². The van der Waals surface area contributed by atoms with Crippen molar-refractivity contribution >= 4 is 17.7 Å². The van der Waals surface area contributed by atoms with Crippen molar-refractivity contribution in [2.24, 2.45) is 5.73 Å². The Kier molecular flexibility index (Phi) is 9.40. The summed E-state index contributed by atoms with van der Waals surface area (Å²) in [6.45, 7) is 0.869. The lowest BCUT2D eigenvalue weighted by Crippen LogP contribution is -2.15. The highest BCUT2D eigenvalue weighted by Gasteiger charge is 2.11. The smallest absolute Gasteiger partial charge is 0.218 e. The number of carbonyl (C=O) groups excluding carboxylic acids is 1. The Bertz CT molecular complexity index is 216. The van der Waals surface area contributed by atoms with Crippen LogP contribution >= 0.6 is 11.8 Å². The molecule has 0 aromatic carbocycles. The molecule has 4 heteroatoms. The lowest BCUT2D eigenvalue weighted by Gasteiger charge is -2.20. The van der Waals surface area contributed by atoms with Crippen molar-refractivity contribution in [3.05, 3.63) is 0 Å². The summed E-state index contributed by atoms with van der Waals surface area (Å²) in [6.07, 6.45) is 11.4. The molecule has 0 unspecified atom stereocenters. The summed E-state index contributed by atoms with van der Waals surface area (Å²) in [6, 6.07) is 0. The molecule has 0 spiro atoms. The van der Waals surface area contributed by atoms with Gasteiger partial charge < -0.3 is 10.5 Å². The van der Waals surface area contributed by atoms with Gasteiger partial charge in [0.1, 0.15) is 0 Å². The van der Waals surface area contributed by atoms with E-state index >= 15 is 0 Å². The minimum absolute atomic E-state index is 0.201. The molecule has 0 aromatic heterocycles. The molecular weight excluding hydrogens is 246 g/mol. The van der Waals surface area contributed by atoms with Gasteiger partial charge in [-0.1, -0.05) is 32.1 Å². The lowest BCUT2D eigenvalue weighted by molar-refractivity contribution is -0.117. The van der Waals surface area contributed by atoms with Gasteiger partial charge in [0.25, 0.3) is 0 Å². The minimum Gasteiger partial charge on any atom is -0.378 e. The van der Waals surface area contributed by atoms with Crippen LogP contribution in [0.1, 0.15) is 57.8 Å². The van der Waals surface area contributed by atoms with Gasteiger partial charge in [-0.25, -0.2) is 0 Å². The van der Waals surface area contributed by atoms with Crippen molar-refractivity contribution < 1.29 is 9.53 Å². The topological polar surface area (TPSA) is 52.3 Å². The summed E-state index contributed by atoms with van der Waals surface area (Å²) in [5.74, 6) is 1.71. The van der Waals surface area contributed by atoms with Crippen LogP contribution in [0.5, 0.6) is 0 Å². The molecule has 1 saturated carbocycles. The molecule has 2 N–H and O–H groups in total. The third-order valence-corrected chi connectivity index (χ3v) is 4.40. The maximum Gasteiger partial charge on any atom is 0.218 e. The fraction of sp³-hybridized carbons (Fsp3) is 0.929. The molecule has 0 atom stereocenters. The van der Waals surface area contributed by atoms with Crippen LogP contribution in [0.15, 0.2) is 0 Å². The number of hydrogen-bond donors (Lipinski definition) is 1. The Labute approximate surface area is 115 Å². The zero-order valence-electron chi connectivity index (χ0n) is 11.4. The van der Waals surface area contributed by atoms with Gasteiger partial charge in [0, 0.05) is 18.8 Å². The van der Waals surface area contributed by atoms with Crippen LogP contribution in [0.2, 0.25) is 0 Å². The van der Waals surface area contributed by atoms with Gasteiger partial charge in [-0.05, 0) is 25.0 Å². The normalized spacial score (nSPS) is 18.2. The van der Waals surface area contributed by atoms with Crippen molar-refractivity contribution in [3.8, 4) is 0 Å². The molecule has 0 bridgehead atoms. The zero-order valence-corrected chi connectivity index (χ0v) is 12.2. The molecule has 1 amide bonds. The van der Waals surface area contributed by atoms with Crippen molar-refractivity contribution in [1.29, 1.82) is 0 Å². The average Bonchev–Trinajstić information content (AvgIpc) is 2.29. The van der Waals surface area contributed by atoms with Crippen LogP contribution in [-0.4, -0.2) is 30.1 Å². The molecule has 1 aliphatic carbocycles. The molecule has 1 fully saturated rings. The molecule has 0 heterocycles. The van der Waals surface area contributed by atoms with Crippen molar-refractivity contribution in [2.45, 2.75) is 63.9 Å². The van der Waals surface area contributed by atoms with Crippen LogP contribution in [0.25, 0.3) is 0 Å². The van der Waals surface area contributed by atoms with E-state index < -0.39 is 0 Å². The predicted molar refractivity (Wildman–Crippen MR) is 77.8 cm³/mol. The minimum atomic E-state index is -0.201. The van der Waals surface area contributed by atoms with Crippen molar-refractivity contribution in [3.63, 3.8) is 0 Å². The highest BCUT2D eigenvalue weighted by Crippen LogP contribution is 2.19. The van der Waals surface area contributed by atoms with Gasteiger partial charge >= 0.3 is 0 Å². The first kappa shape index (κ1) is 15.8. The number of carbonyl (C=O) groups is 1. The molecule has 3 nitrogen and oxygen atoms in total. The van der Waals surface area contributed by atoms with E-state index in [0.29, 0.717) is 12.5 Å². The van der Waals surface area contributed by atoms with E-state index in [4.69, 9.17) is 10.5 Å². The largest absolute Gasteiger partial charge is 0.378 e. The highest BCUT2D eigenvalue weighted by atomic mass is 32.2. The first-order chi connectivity index (χ1) is 8.79. The fourth-order valence-electron chi connectivity index (χ4n) is 2.27. The number of thioether (sulfide) groups is 1. The van der Waals surface area contributed by atoms with E-state index in [9.17, 15) is 4.79 Å². The van der Waals surface area contributed by atoms with Crippen LogP contribution in [0.3, 0.4) is 0 Å². The van der Waals surface area contributed by atoms with E-state index in [1.165, 1.54) is 44.9 Å². The first-order valence-corrected chi connectivity index (χ1v) is 8.42. The quantitative estimate of drug-likeness (QED) is 0.691. The van der Waals surface area contributed by atoms with Gasteiger partial charge in [0.05, 0.1) is 6.10 Å². The molecule has 0 radical (unpaired) electrons. The monoisotopic (exact) mass is 273 g/mol. The van der Waals surface area contributed by atoms with Crippen LogP contribution in [-0.2, 0) is 9.53 Å². The highest BCUT2D eigenvalue weighted by molar-refractivity contribution is 7.99. The fourth-order valence-corrected chi connectivity index (χ4v) is 3.14. The summed E-state index contributed by atoms with van der Waals surface area (Å²) >= 11 is 1.79. The molecule has 1 aliphatic rings. The van der Waals surface area contributed by atoms with Gasteiger partial charge in [-0.2, -0.15) is 11.8 Å². The Morgan fingerprint density at radius 2 is 1.78 bits per heavy atom. The van der Waals surface area contributed by atoms with E-state index in [1.54, 1.807) is 11.8 Å². The molecule has 1 rings (SSSR count). The second kappa shape index (κ2) is 10.7. The maximum atomic E-state index is 10.5. The summed E-state index contributed by atoms with van der Waals surface area (Å²) < 4.78 is 5.94. The summed E-state index contributed by atoms with van der Waals surface area (Å²) in [5, 5.41) is 0. The zero-order chi connectivity index (χ0) is 13.1. The molecule has 0 saturated heterocycles. The van der Waals surface area contributed by atoms with Gasteiger partial charge in [0.15, 0.2) is 0 Å². The third-order valence-electron chi connectivity index (χ3n) is 3.33. The Balaban J connectivity index is 1.91. The number of amides is 1. The molecule has 106 valence electrons.